The number of rotatable bonds is 4. The van der Waals surface area contributed by atoms with Gasteiger partial charge in [0.2, 0.25) is 0 Å². The van der Waals surface area contributed by atoms with Gasteiger partial charge in [0.25, 0.3) is 0 Å². The highest BCUT2D eigenvalue weighted by atomic mass is 32.2. The van der Waals surface area contributed by atoms with Crippen molar-refractivity contribution in [2.24, 2.45) is 5.41 Å². The minimum atomic E-state index is 0.470. The molecule has 0 amide bonds. The number of thioether (sulfide) groups is 1. The van der Waals surface area contributed by atoms with Gasteiger partial charge in [-0.15, -0.1) is 11.8 Å². The van der Waals surface area contributed by atoms with Gasteiger partial charge < -0.3 is 9.47 Å². The summed E-state index contributed by atoms with van der Waals surface area (Å²) in [6.07, 6.45) is 4.98. The quantitative estimate of drug-likeness (QED) is 0.668. The molecule has 0 atom stereocenters. The normalized spacial score (nSPS) is 20.5. The van der Waals surface area contributed by atoms with E-state index in [1.54, 1.807) is 0 Å². The van der Waals surface area contributed by atoms with Gasteiger partial charge in [-0.2, -0.15) is 12.6 Å². The molecule has 0 spiro atoms. The molecule has 1 aliphatic carbocycles. The number of ether oxygens (including phenoxy) is 2. The van der Waals surface area contributed by atoms with Crippen molar-refractivity contribution in [1.29, 1.82) is 0 Å². The highest BCUT2D eigenvalue weighted by Crippen LogP contribution is 2.46. The van der Waals surface area contributed by atoms with Crippen LogP contribution in [0.2, 0.25) is 0 Å². The Morgan fingerprint density at radius 3 is 2.58 bits per heavy atom. The zero-order valence-corrected chi connectivity index (χ0v) is 12.8. The van der Waals surface area contributed by atoms with E-state index in [4.69, 9.17) is 9.47 Å². The Kier molecular flexibility index (Phi) is 4.18. The van der Waals surface area contributed by atoms with Crippen molar-refractivity contribution in [1.82, 2.24) is 0 Å². The summed E-state index contributed by atoms with van der Waals surface area (Å²) in [6.45, 7) is 1.50. The van der Waals surface area contributed by atoms with Gasteiger partial charge in [0.1, 0.15) is 0 Å². The lowest BCUT2D eigenvalue weighted by molar-refractivity contribution is 0.205. The first-order chi connectivity index (χ1) is 9.31. The summed E-state index contributed by atoms with van der Waals surface area (Å²) < 4.78 is 11.4. The zero-order valence-electron chi connectivity index (χ0n) is 11.1. The monoisotopic (exact) mass is 296 g/mol. The van der Waals surface area contributed by atoms with Crippen molar-refractivity contribution in [2.45, 2.75) is 30.6 Å². The molecule has 104 valence electrons. The molecule has 1 saturated carbocycles. The van der Waals surface area contributed by atoms with Crippen LogP contribution in [-0.4, -0.2) is 24.7 Å². The Morgan fingerprint density at radius 1 is 1.11 bits per heavy atom. The fraction of sp³-hybridized carbons (Fsp3) is 0.600. The summed E-state index contributed by atoms with van der Waals surface area (Å²) in [7, 11) is 0. The van der Waals surface area contributed by atoms with Crippen molar-refractivity contribution in [3.8, 4) is 11.5 Å². The molecule has 3 rings (SSSR count). The molecule has 1 aromatic carbocycles. The van der Waals surface area contributed by atoms with Gasteiger partial charge in [-0.1, -0.05) is 6.42 Å². The molecule has 1 aliphatic heterocycles. The van der Waals surface area contributed by atoms with E-state index in [0.29, 0.717) is 5.41 Å². The fourth-order valence-corrected chi connectivity index (χ4v) is 4.29. The average Bonchev–Trinajstić information content (AvgIpc) is 2.62. The van der Waals surface area contributed by atoms with Crippen LogP contribution in [0.4, 0.5) is 0 Å². The van der Waals surface area contributed by atoms with Crippen LogP contribution in [0.25, 0.3) is 0 Å². The van der Waals surface area contributed by atoms with E-state index < -0.39 is 0 Å². The van der Waals surface area contributed by atoms with E-state index >= 15 is 0 Å². The van der Waals surface area contributed by atoms with E-state index in [0.717, 1.165) is 42.6 Å². The Hall–Kier alpha value is -0.480. The summed E-state index contributed by atoms with van der Waals surface area (Å²) in [6, 6.07) is 6.30. The third-order valence-electron chi connectivity index (χ3n) is 4.01. The molecule has 19 heavy (non-hydrogen) atoms. The first-order valence-electron chi connectivity index (χ1n) is 6.95. The highest BCUT2D eigenvalue weighted by Gasteiger charge is 2.35. The van der Waals surface area contributed by atoms with Crippen LogP contribution in [0, 0.1) is 5.41 Å². The molecular weight excluding hydrogens is 276 g/mol. The SMILES string of the molecule is SCC1(CSc2ccc3c(c2)OCCCO3)CCC1. The maximum absolute atomic E-state index is 5.73. The molecule has 0 aromatic heterocycles. The van der Waals surface area contributed by atoms with Gasteiger partial charge in [-0.05, 0) is 42.2 Å². The second-order valence-corrected chi connectivity index (χ2v) is 6.82. The number of benzene rings is 1. The second kappa shape index (κ2) is 5.88. The summed E-state index contributed by atoms with van der Waals surface area (Å²) in [5, 5.41) is 0. The fourth-order valence-electron chi connectivity index (χ4n) is 2.49. The van der Waals surface area contributed by atoms with E-state index in [-0.39, 0.29) is 0 Å². The Morgan fingerprint density at radius 2 is 1.89 bits per heavy atom. The molecular formula is C15H20O2S2. The summed E-state index contributed by atoms with van der Waals surface area (Å²) in [5.74, 6) is 3.95. The third kappa shape index (κ3) is 3.00. The van der Waals surface area contributed by atoms with E-state index in [1.807, 2.05) is 17.8 Å². The van der Waals surface area contributed by atoms with Crippen LogP contribution < -0.4 is 9.47 Å². The zero-order chi connectivity index (χ0) is 13.1. The van der Waals surface area contributed by atoms with Crippen molar-refractivity contribution in [3.05, 3.63) is 18.2 Å². The van der Waals surface area contributed by atoms with Crippen LogP contribution in [0.5, 0.6) is 11.5 Å². The van der Waals surface area contributed by atoms with Gasteiger partial charge >= 0.3 is 0 Å². The van der Waals surface area contributed by atoms with Gasteiger partial charge in [0.05, 0.1) is 13.2 Å². The minimum Gasteiger partial charge on any atom is -0.490 e. The van der Waals surface area contributed by atoms with Gasteiger partial charge in [-0.3, -0.25) is 0 Å². The van der Waals surface area contributed by atoms with Crippen LogP contribution >= 0.6 is 24.4 Å². The third-order valence-corrected chi connectivity index (χ3v) is 6.03. The summed E-state index contributed by atoms with van der Waals surface area (Å²) >= 11 is 6.44. The molecule has 1 fully saturated rings. The molecule has 2 aliphatic rings. The molecule has 4 heteroatoms. The number of hydrogen-bond acceptors (Lipinski definition) is 4. The van der Waals surface area contributed by atoms with Crippen molar-refractivity contribution in [2.75, 3.05) is 24.7 Å². The maximum Gasteiger partial charge on any atom is 0.162 e. The Labute approximate surface area is 124 Å². The first kappa shape index (κ1) is 13.5. The predicted molar refractivity (Wildman–Crippen MR) is 82.9 cm³/mol. The van der Waals surface area contributed by atoms with Crippen LogP contribution in [0.3, 0.4) is 0 Å². The second-order valence-electron chi connectivity index (χ2n) is 5.46. The number of hydrogen-bond donors (Lipinski definition) is 1. The topological polar surface area (TPSA) is 18.5 Å². The lowest BCUT2D eigenvalue weighted by Gasteiger charge is -2.40. The smallest absolute Gasteiger partial charge is 0.162 e. The van der Waals surface area contributed by atoms with E-state index in [1.165, 1.54) is 24.2 Å². The molecule has 1 aromatic rings. The lowest BCUT2D eigenvalue weighted by atomic mass is 9.72. The van der Waals surface area contributed by atoms with Gasteiger partial charge in [0, 0.05) is 17.1 Å². The molecule has 0 radical (unpaired) electrons. The van der Waals surface area contributed by atoms with Crippen LogP contribution in [0.15, 0.2) is 23.1 Å². The Bertz CT molecular complexity index is 438. The highest BCUT2D eigenvalue weighted by molar-refractivity contribution is 7.99. The molecule has 0 unspecified atom stereocenters. The predicted octanol–water partition coefficient (Wildman–Crippen LogP) is 4.04. The summed E-state index contributed by atoms with van der Waals surface area (Å²) in [5.41, 5.74) is 0.470. The Balaban J connectivity index is 1.66. The van der Waals surface area contributed by atoms with Crippen LogP contribution in [-0.2, 0) is 0 Å². The summed E-state index contributed by atoms with van der Waals surface area (Å²) in [4.78, 5) is 1.28. The molecule has 1 heterocycles. The van der Waals surface area contributed by atoms with Crippen molar-refractivity contribution in [3.63, 3.8) is 0 Å². The van der Waals surface area contributed by atoms with Crippen molar-refractivity contribution < 1.29 is 9.47 Å². The number of fused-ring (bicyclic) bond motifs is 1. The van der Waals surface area contributed by atoms with Gasteiger partial charge in [-0.25, -0.2) is 0 Å². The number of thiol groups is 1. The largest absolute Gasteiger partial charge is 0.490 e. The van der Waals surface area contributed by atoms with E-state index in [9.17, 15) is 0 Å². The van der Waals surface area contributed by atoms with E-state index in [2.05, 4.69) is 24.8 Å². The minimum absolute atomic E-state index is 0.470. The lowest BCUT2D eigenvalue weighted by Crippen LogP contribution is -2.33. The molecule has 0 saturated heterocycles. The molecule has 0 bridgehead atoms. The van der Waals surface area contributed by atoms with Crippen LogP contribution in [0.1, 0.15) is 25.7 Å². The maximum atomic E-state index is 5.73. The standard InChI is InChI=1S/C15H20O2S2/c18-10-15(5-1-6-15)11-19-12-3-4-13-14(9-12)17-8-2-7-16-13/h3-4,9,18H,1-2,5-8,10-11H2. The molecule has 2 nitrogen and oxygen atoms in total. The first-order valence-corrected chi connectivity index (χ1v) is 8.56. The van der Waals surface area contributed by atoms with Gasteiger partial charge in [0.15, 0.2) is 11.5 Å². The average molecular weight is 296 g/mol. The molecule has 0 N–H and O–H groups in total. The van der Waals surface area contributed by atoms with Crippen molar-refractivity contribution >= 4 is 24.4 Å².